The smallest absolute Gasteiger partial charge is 0.387 e. The van der Waals surface area contributed by atoms with Gasteiger partial charge in [-0.1, -0.05) is 30.3 Å². The molecule has 2 heterocycles. The number of carbonyl (C=O) groups is 2. The minimum Gasteiger partial charge on any atom is -0.493 e. The second-order valence-electron chi connectivity index (χ2n) is 7.80. The van der Waals surface area contributed by atoms with Crippen LogP contribution in [-0.2, 0) is 24.2 Å². The Hall–Kier alpha value is -3.88. The summed E-state index contributed by atoms with van der Waals surface area (Å²) >= 11 is 0. The quantitative estimate of drug-likeness (QED) is 0.542. The standard InChI is InChI=1S/C25H24F2N2O5/c1-32-20-9-8-16(13-22(20)34-25(26)27)10-11-28-23(30)19-14-17-5-2-3-6-18(17)15-29(19)24(31)21-7-4-12-33-21/h2-9,12-13,19,25H,10-11,14-15H2,1H3,(H,28,30). The van der Waals surface area contributed by atoms with Gasteiger partial charge >= 0.3 is 6.61 Å². The van der Waals surface area contributed by atoms with E-state index in [0.717, 1.165) is 11.1 Å². The van der Waals surface area contributed by atoms with Crippen LogP contribution in [0.3, 0.4) is 0 Å². The Morgan fingerprint density at radius 2 is 1.91 bits per heavy atom. The predicted molar refractivity (Wildman–Crippen MR) is 119 cm³/mol. The van der Waals surface area contributed by atoms with Gasteiger partial charge in [0.2, 0.25) is 5.91 Å². The third-order valence-electron chi connectivity index (χ3n) is 5.70. The lowest BCUT2D eigenvalue weighted by molar-refractivity contribution is -0.126. The predicted octanol–water partition coefficient (Wildman–Crippen LogP) is 3.82. The van der Waals surface area contributed by atoms with Gasteiger partial charge in [0.05, 0.1) is 13.4 Å². The molecular formula is C25H24F2N2O5. The molecular weight excluding hydrogens is 446 g/mol. The van der Waals surface area contributed by atoms with Crippen molar-refractivity contribution in [3.63, 3.8) is 0 Å². The maximum atomic E-state index is 13.1. The van der Waals surface area contributed by atoms with E-state index in [0.29, 0.717) is 24.9 Å². The first-order valence-corrected chi connectivity index (χ1v) is 10.8. The van der Waals surface area contributed by atoms with Gasteiger partial charge in [-0.3, -0.25) is 9.59 Å². The SMILES string of the molecule is COc1ccc(CCNC(=O)C2Cc3ccccc3CN2C(=O)c2ccco2)cc1OC(F)F. The van der Waals surface area contributed by atoms with E-state index in [2.05, 4.69) is 10.1 Å². The molecule has 1 N–H and O–H groups in total. The summed E-state index contributed by atoms with van der Waals surface area (Å²) in [5.41, 5.74) is 2.68. The van der Waals surface area contributed by atoms with Crippen LogP contribution in [0.1, 0.15) is 27.2 Å². The van der Waals surface area contributed by atoms with E-state index in [1.165, 1.54) is 30.4 Å². The lowest BCUT2D eigenvalue weighted by Gasteiger charge is -2.35. The maximum Gasteiger partial charge on any atom is 0.387 e. The van der Waals surface area contributed by atoms with Crippen molar-refractivity contribution in [3.05, 3.63) is 83.3 Å². The van der Waals surface area contributed by atoms with E-state index >= 15 is 0 Å². The second kappa shape index (κ2) is 10.4. The second-order valence-corrected chi connectivity index (χ2v) is 7.80. The monoisotopic (exact) mass is 470 g/mol. The molecule has 0 fully saturated rings. The number of hydrogen-bond acceptors (Lipinski definition) is 5. The summed E-state index contributed by atoms with van der Waals surface area (Å²) < 4.78 is 40.2. The van der Waals surface area contributed by atoms with Gasteiger partial charge in [0, 0.05) is 19.5 Å². The summed E-state index contributed by atoms with van der Waals surface area (Å²) in [6, 6.07) is 14.9. The fourth-order valence-electron chi connectivity index (χ4n) is 4.03. The molecule has 2 aromatic carbocycles. The molecule has 1 atom stereocenters. The molecule has 0 spiro atoms. The Bertz CT molecular complexity index is 1150. The van der Waals surface area contributed by atoms with Gasteiger partial charge in [0.15, 0.2) is 17.3 Å². The van der Waals surface area contributed by atoms with Crippen molar-refractivity contribution in [3.8, 4) is 11.5 Å². The van der Waals surface area contributed by atoms with E-state index in [1.807, 2.05) is 24.3 Å². The number of alkyl halides is 2. The Labute approximate surface area is 195 Å². The molecule has 0 saturated carbocycles. The van der Waals surface area contributed by atoms with Crippen LogP contribution in [0.15, 0.2) is 65.3 Å². The summed E-state index contributed by atoms with van der Waals surface area (Å²) in [6.07, 6.45) is 2.18. The number of nitrogens with zero attached hydrogens (tertiary/aromatic N) is 1. The van der Waals surface area contributed by atoms with Crippen LogP contribution in [0.4, 0.5) is 8.78 Å². The van der Waals surface area contributed by atoms with E-state index in [4.69, 9.17) is 9.15 Å². The molecule has 2 amide bonds. The Morgan fingerprint density at radius 3 is 2.62 bits per heavy atom. The molecule has 1 aliphatic heterocycles. The van der Waals surface area contributed by atoms with Crippen molar-refractivity contribution in [2.75, 3.05) is 13.7 Å². The highest BCUT2D eigenvalue weighted by atomic mass is 19.3. The number of amides is 2. The fraction of sp³-hybridized carbons (Fsp3) is 0.280. The van der Waals surface area contributed by atoms with Crippen molar-refractivity contribution >= 4 is 11.8 Å². The maximum absolute atomic E-state index is 13.1. The molecule has 178 valence electrons. The number of methoxy groups -OCH3 is 1. The van der Waals surface area contributed by atoms with Gasteiger partial charge in [-0.15, -0.1) is 0 Å². The van der Waals surface area contributed by atoms with Crippen molar-refractivity contribution < 1.29 is 32.3 Å². The van der Waals surface area contributed by atoms with Gasteiger partial charge in [0.25, 0.3) is 5.91 Å². The molecule has 0 radical (unpaired) electrons. The first kappa shape index (κ1) is 23.3. The van der Waals surface area contributed by atoms with Gasteiger partial charge < -0.3 is 24.1 Å². The first-order valence-electron chi connectivity index (χ1n) is 10.8. The van der Waals surface area contributed by atoms with E-state index in [1.54, 1.807) is 18.2 Å². The molecule has 4 rings (SSSR count). The number of furan rings is 1. The van der Waals surface area contributed by atoms with E-state index in [9.17, 15) is 18.4 Å². The van der Waals surface area contributed by atoms with Crippen molar-refractivity contribution in [2.24, 2.45) is 0 Å². The number of fused-ring (bicyclic) bond motifs is 1. The number of nitrogens with one attached hydrogen (secondary N) is 1. The molecule has 7 nitrogen and oxygen atoms in total. The molecule has 9 heteroatoms. The lowest BCUT2D eigenvalue weighted by Crippen LogP contribution is -2.52. The minimum absolute atomic E-state index is 0.0690. The molecule has 0 saturated heterocycles. The third kappa shape index (κ3) is 5.19. The van der Waals surface area contributed by atoms with Crippen LogP contribution in [0.5, 0.6) is 11.5 Å². The molecule has 34 heavy (non-hydrogen) atoms. The number of ether oxygens (including phenoxy) is 2. The molecule has 1 aromatic heterocycles. The van der Waals surface area contributed by atoms with Crippen LogP contribution >= 0.6 is 0 Å². The van der Waals surface area contributed by atoms with Crippen molar-refractivity contribution in [1.82, 2.24) is 10.2 Å². The Balaban J connectivity index is 1.45. The van der Waals surface area contributed by atoms with Gasteiger partial charge in [-0.2, -0.15) is 8.78 Å². The van der Waals surface area contributed by atoms with Crippen LogP contribution in [0.2, 0.25) is 0 Å². The summed E-state index contributed by atoms with van der Waals surface area (Å²) in [6.45, 7) is -2.43. The summed E-state index contributed by atoms with van der Waals surface area (Å²) in [4.78, 5) is 27.7. The topological polar surface area (TPSA) is 81.0 Å². The van der Waals surface area contributed by atoms with Crippen LogP contribution in [-0.4, -0.2) is 43.0 Å². The Kier molecular flexibility index (Phi) is 7.10. The average Bonchev–Trinajstić information content (AvgIpc) is 3.37. The van der Waals surface area contributed by atoms with Crippen LogP contribution in [0, 0.1) is 0 Å². The number of benzene rings is 2. The number of rotatable bonds is 8. The minimum atomic E-state index is -2.98. The van der Waals surface area contributed by atoms with Crippen LogP contribution < -0.4 is 14.8 Å². The largest absolute Gasteiger partial charge is 0.493 e. The van der Waals surface area contributed by atoms with Crippen molar-refractivity contribution in [2.45, 2.75) is 32.0 Å². The van der Waals surface area contributed by atoms with Gasteiger partial charge in [-0.25, -0.2) is 0 Å². The highest BCUT2D eigenvalue weighted by molar-refractivity contribution is 5.96. The van der Waals surface area contributed by atoms with Crippen molar-refractivity contribution in [1.29, 1.82) is 0 Å². The molecule has 1 aliphatic rings. The number of hydrogen-bond donors (Lipinski definition) is 1. The molecule has 3 aromatic rings. The molecule has 1 unspecified atom stereocenters. The summed E-state index contributed by atoms with van der Waals surface area (Å²) in [5, 5.41) is 2.87. The first-order chi connectivity index (χ1) is 16.5. The third-order valence-corrected chi connectivity index (χ3v) is 5.70. The lowest BCUT2D eigenvalue weighted by atomic mass is 9.93. The highest BCUT2D eigenvalue weighted by Gasteiger charge is 2.35. The fourth-order valence-corrected chi connectivity index (χ4v) is 4.03. The molecule has 0 aliphatic carbocycles. The summed E-state index contributed by atoms with van der Waals surface area (Å²) in [5.74, 6) is -0.362. The number of carbonyl (C=O) groups excluding carboxylic acids is 2. The van der Waals surface area contributed by atoms with Gasteiger partial charge in [0.1, 0.15) is 6.04 Å². The van der Waals surface area contributed by atoms with E-state index < -0.39 is 12.7 Å². The number of halogens is 2. The van der Waals surface area contributed by atoms with Crippen LogP contribution in [0.25, 0.3) is 0 Å². The zero-order valence-corrected chi connectivity index (χ0v) is 18.5. The summed E-state index contributed by atoms with van der Waals surface area (Å²) in [7, 11) is 1.37. The van der Waals surface area contributed by atoms with Gasteiger partial charge in [-0.05, 0) is 47.4 Å². The van der Waals surface area contributed by atoms with E-state index in [-0.39, 0.29) is 35.6 Å². The average molecular weight is 470 g/mol. The normalized spacial score (nSPS) is 15.1. The highest BCUT2D eigenvalue weighted by Crippen LogP contribution is 2.30. The molecule has 0 bridgehead atoms. The zero-order chi connectivity index (χ0) is 24.1. The Morgan fingerprint density at radius 1 is 1.12 bits per heavy atom. The zero-order valence-electron chi connectivity index (χ0n) is 18.5.